The first-order chi connectivity index (χ1) is 10.5. The van der Waals surface area contributed by atoms with Crippen LogP contribution in [-0.2, 0) is 4.79 Å². The van der Waals surface area contributed by atoms with Crippen molar-refractivity contribution >= 4 is 23.7 Å². The second-order valence-corrected chi connectivity index (χ2v) is 6.39. The van der Waals surface area contributed by atoms with Crippen molar-refractivity contribution in [2.45, 2.75) is 18.9 Å². The summed E-state index contributed by atoms with van der Waals surface area (Å²) < 4.78 is 10.5. The number of aliphatic hydroxyl groups is 1. The van der Waals surface area contributed by atoms with Gasteiger partial charge in [0, 0.05) is 12.6 Å². The maximum atomic E-state index is 11.8. The average molecular weight is 323 g/mol. The van der Waals surface area contributed by atoms with Crippen molar-refractivity contribution in [3.8, 4) is 11.5 Å². The van der Waals surface area contributed by atoms with Gasteiger partial charge < -0.3 is 19.9 Å². The smallest absolute Gasteiger partial charge is 0.244 e. The van der Waals surface area contributed by atoms with Gasteiger partial charge >= 0.3 is 0 Å². The largest absolute Gasteiger partial charge is 0.454 e. The van der Waals surface area contributed by atoms with Crippen molar-refractivity contribution in [2.75, 3.05) is 25.3 Å². The SMILES string of the molecule is CSCCC(C)(O)CNC(=O)C=Cc1ccc2c(c1)OCO2. The van der Waals surface area contributed by atoms with Crippen LogP contribution in [0.4, 0.5) is 0 Å². The van der Waals surface area contributed by atoms with E-state index >= 15 is 0 Å². The van der Waals surface area contributed by atoms with E-state index in [1.807, 2.05) is 24.5 Å². The quantitative estimate of drug-likeness (QED) is 0.752. The Kier molecular flexibility index (Phi) is 5.74. The summed E-state index contributed by atoms with van der Waals surface area (Å²) in [4.78, 5) is 11.8. The molecule has 2 N–H and O–H groups in total. The zero-order valence-corrected chi connectivity index (χ0v) is 13.6. The van der Waals surface area contributed by atoms with Crippen molar-refractivity contribution < 1.29 is 19.4 Å². The summed E-state index contributed by atoms with van der Waals surface area (Å²) in [5, 5.41) is 12.8. The van der Waals surface area contributed by atoms with Gasteiger partial charge in [0.1, 0.15) is 0 Å². The summed E-state index contributed by atoms with van der Waals surface area (Å²) in [6, 6.07) is 5.49. The standard InChI is InChI=1S/C16H21NO4S/c1-16(19,7-8-22-2)10-17-15(18)6-4-12-3-5-13-14(9-12)21-11-20-13/h3-6,9,19H,7-8,10-11H2,1-2H3,(H,17,18). The third kappa shape index (κ3) is 4.96. The van der Waals surface area contributed by atoms with Gasteiger partial charge in [-0.3, -0.25) is 4.79 Å². The Balaban J connectivity index is 1.84. The first kappa shape index (κ1) is 16.7. The maximum Gasteiger partial charge on any atom is 0.244 e. The molecule has 0 radical (unpaired) electrons. The van der Waals surface area contributed by atoms with Crippen LogP contribution in [0.3, 0.4) is 0 Å². The Morgan fingerprint density at radius 3 is 3.00 bits per heavy atom. The normalized spacial score (nSPS) is 15.8. The minimum Gasteiger partial charge on any atom is -0.454 e. The first-order valence-electron chi connectivity index (χ1n) is 7.07. The predicted octanol–water partition coefficient (Wildman–Crippen LogP) is 2.05. The highest BCUT2D eigenvalue weighted by Crippen LogP contribution is 2.32. The number of amides is 1. The molecule has 1 aromatic carbocycles. The molecule has 5 nitrogen and oxygen atoms in total. The van der Waals surface area contributed by atoms with Crippen LogP contribution in [0.15, 0.2) is 24.3 Å². The zero-order chi connectivity index (χ0) is 16.0. The minimum absolute atomic E-state index is 0.230. The highest BCUT2D eigenvalue weighted by molar-refractivity contribution is 7.98. The number of fused-ring (bicyclic) bond motifs is 1. The van der Waals surface area contributed by atoms with Crippen LogP contribution < -0.4 is 14.8 Å². The maximum absolute atomic E-state index is 11.8. The molecule has 1 aliphatic rings. The molecular weight excluding hydrogens is 302 g/mol. The van der Waals surface area contributed by atoms with E-state index in [9.17, 15) is 9.90 Å². The Labute approximate surface area is 134 Å². The molecule has 0 aliphatic carbocycles. The Hall–Kier alpha value is -1.66. The summed E-state index contributed by atoms with van der Waals surface area (Å²) >= 11 is 1.67. The lowest BCUT2D eigenvalue weighted by Gasteiger charge is -2.22. The van der Waals surface area contributed by atoms with E-state index in [-0.39, 0.29) is 19.2 Å². The summed E-state index contributed by atoms with van der Waals surface area (Å²) in [6.45, 7) is 2.19. The van der Waals surface area contributed by atoms with E-state index in [0.717, 1.165) is 11.3 Å². The first-order valence-corrected chi connectivity index (χ1v) is 8.46. The topological polar surface area (TPSA) is 67.8 Å². The van der Waals surface area contributed by atoms with E-state index in [0.29, 0.717) is 17.9 Å². The van der Waals surface area contributed by atoms with E-state index < -0.39 is 5.60 Å². The van der Waals surface area contributed by atoms with Crippen molar-refractivity contribution in [1.82, 2.24) is 5.32 Å². The molecule has 0 aromatic heterocycles. The Morgan fingerprint density at radius 2 is 2.23 bits per heavy atom. The third-order valence-electron chi connectivity index (χ3n) is 3.31. The number of hydrogen-bond acceptors (Lipinski definition) is 5. The molecule has 0 bridgehead atoms. The molecule has 1 heterocycles. The number of thioether (sulfide) groups is 1. The van der Waals surface area contributed by atoms with Crippen LogP contribution in [0.2, 0.25) is 0 Å². The molecule has 1 amide bonds. The Bertz CT molecular complexity index is 557. The van der Waals surface area contributed by atoms with E-state index in [1.54, 1.807) is 24.8 Å². The fourth-order valence-corrected chi connectivity index (χ4v) is 2.58. The predicted molar refractivity (Wildman–Crippen MR) is 88.2 cm³/mol. The van der Waals surface area contributed by atoms with Crippen molar-refractivity contribution in [1.29, 1.82) is 0 Å². The van der Waals surface area contributed by atoms with Crippen LogP contribution in [0.1, 0.15) is 18.9 Å². The number of carbonyl (C=O) groups excluding carboxylic acids is 1. The molecule has 1 unspecified atom stereocenters. The van der Waals surface area contributed by atoms with Gasteiger partial charge in [0.25, 0.3) is 0 Å². The highest BCUT2D eigenvalue weighted by atomic mass is 32.2. The lowest BCUT2D eigenvalue weighted by atomic mass is 10.0. The summed E-state index contributed by atoms with van der Waals surface area (Å²) in [6.07, 6.45) is 5.78. The van der Waals surface area contributed by atoms with Crippen molar-refractivity contribution in [3.05, 3.63) is 29.8 Å². The van der Waals surface area contributed by atoms with Gasteiger partial charge in [0.15, 0.2) is 11.5 Å². The van der Waals surface area contributed by atoms with Crippen LogP contribution in [-0.4, -0.2) is 42.0 Å². The van der Waals surface area contributed by atoms with Gasteiger partial charge in [-0.15, -0.1) is 0 Å². The number of carbonyl (C=O) groups is 1. The summed E-state index contributed by atoms with van der Waals surface area (Å²) in [7, 11) is 0. The van der Waals surface area contributed by atoms with Crippen LogP contribution >= 0.6 is 11.8 Å². The second-order valence-electron chi connectivity index (χ2n) is 5.40. The molecule has 0 saturated heterocycles. The van der Waals surface area contributed by atoms with Gasteiger partial charge in [-0.25, -0.2) is 0 Å². The number of rotatable bonds is 7. The van der Waals surface area contributed by atoms with Crippen molar-refractivity contribution in [3.63, 3.8) is 0 Å². The number of hydrogen-bond donors (Lipinski definition) is 2. The molecule has 0 saturated carbocycles. The van der Waals surface area contributed by atoms with Gasteiger partial charge in [-0.2, -0.15) is 11.8 Å². The lowest BCUT2D eigenvalue weighted by molar-refractivity contribution is -0.117. The minimum atomic E-state index is -0.884. The number of nitrogens with one attached hydrogen (secondary N) is 1. The molecular formula is C16H21NO4S. The number of benzene rings is 1. The van der Waals surface area contributed by atoms with Crippen LogP contribution in [0.5, 0.6) is 11.5 Å². The zero-order valence-electron chi connectivity index (χ0n) is 12.8. The number of ether oxygens (including phenoxy) is 2. The molecule has 0 spiro atoms. The molecule has 1 atom stereocenters. The highest BCUT2D eigenvalue weighted by Gasteiger charge is 2.20. The second kappa shape index (κ2) is 7.56. The Morgan fingerprint density at radius 1 is 1.45 bits per heavy atom. The molecule has 1 aliphatic heterocycles. The fraction of sp³-hybridized carbons (Fsp3) is 0.438. The lowest BCUT2D eigenvalue weighted by Crippen LogP contribution is -2.40. The van der Waals surface area contributed by atoms with Gasteiger partial charge in [0.2, 0.25) is 12.7 Å². The third-order valence-corrected chi connectivity index (χ3v) is 3.92. The summed E-state index contributed by atoms with van der Waals surface area (Å²) in [5.74, 6) is 2.02. The molecule has 1 aromatic rings. The van der Waals surface area contributed by atoms with Crippen LogP contribution in [0, 0.1) is 0 Å². The monoisotopic (exact) mass is 323 g/mol. The fourth-order valence-electron chi connectivity index (χ4n) is 1.94. The van der Waals surface area contributed by atoms with Gasteiger partial charge in [-0.1, -0.05) is 6.07 Å². The average Bonchev–Trinajstić information content (AvgIpc) is 2.96. The van der Waals surface area contributed by atoms with E-state index in [1.165, 1.54) is 6.08 Å². The molecule has 6 heteroatoms. The van der Waals surface area contributed by atoms with E-state index in [4.69, 9.17) is 9.47 Å². The molecule has 2 rings (SSSR count). The molecule has 120 valence electrons. The molecule has 0 fully saturated rings. The molecule has 22 heavy (non-hydrogen) atoms. The van der Waals surface area contributed by atoms with Gasteiger partial charge in [-0.05, 0) is 49.1 Å². The van der Waals surface area contributed by atoms with Crippen molar-refractivity contribution in [2.24, 2.45) is 0 Å². The van der Waals surface area contributed by atoms with Crippen LogP contribution in [0.25, 0.3) is 6.08 Å². The van der Waals surface area contributed by atoms with Gasteiger partial charge in [0.05, 0.1) is 5.60 Å². The van der Waals surface area contributed by atoms with E-state index in [2.05, 4.69) is 5.32 Å². The summed E-state index contributed by atoms with van der Waals surface area (Å²) in [5.41, 5.74) is -0.0285.